The van der Waals surface area contributed by atoms with Gasteiger partial charge >= 0.3 is 0 Å². The van der Waals surface area contributed by atoms with Crippen LogP contribution >= 0.6 is 11.6 Å². The summed E-state index contributed by atoms with van der Waals surface area (Å²) in [6, 6.07) is 12.2. The van der Waals surface area contributed by atoms with Crippen LogP contribution in [0.25, 0.3) is 0 Å². The van der Waals surface area contributed by atoms with Crippen LogP contribution in [-0.4, -0.2) is 44.6 Å². The molecule has 1 heterocycles. The van der Waals surface area contributed by atoms with Gasteiger partial charge in [-0.2, -0.15) is 0 Å². The van der Waals surface area contributed by atoms with Crippen molar-refractivity contribution in [2.75, 3.05) is 23.7 Å². The molecule has 1 atom stereocenters. The zero-order valence-corrected chi connectivity index (χ0v) is 19.8. The molecule has 1 N–H and O–H groups in total. The molecule has 1 amide bonds. The van der Waals surface area contributed by atoms with Crippen LogP contribution in [0.2, 0.25) is 5.02 Å². The molecule has 0 saturated carbocycles. The first-order valence-electron chi connectivity index (χ1n) is 10.5. The van der Waals surface area contributed by atoms with Gasteiger partial charge in [0.2, 0.25) is 15.9 Å². The van der Waals surface area contributed by atoms with Crippen molar-refractivity contribution in [1.29, 1.82) is 0 Å². The minimum absolute atomic E-state index is 0.333. The van der Waals surface area contributed by atoms with Crippen LogP contribution in [-0.2, 0) is 27.9 Å². The zero-order valence-electron chi connectivity index (χ0n) is 18.3. The Bertz CT molecular complexity index is 1020. The molecule has 2 aromatic carbocycles. The second kappa shape index (κ2) is 10.0. The zero-order chi connectivity index (χ0) is 22.6. The monoisotopic (exact) mass is 463 g/mol. The molecule has 0 unspecified atom stereocenters. The van der Waals surface area contributed by atoms with Crippen molar-refractivity contribution in [2.45, 2.75) is 45.8 Å². The lowest BCUT2D eigenvalue weighted by atomic mass is 10.1. The van der Waals surface area contributed by atoms with E-state index in [1.807, 2.05) is 19.1 Å². The molecule has 8 heteroatoms. The third-order valence-electron chi connectivity index (χ3n) is 5.59. The third-order valence-corrected chi connectivity index (χ3v) is 7.24. The standard InChI is InChI=1S/C23H30ClN3O3S/c1-17-6-11-21(14-22(17)24)27(31(3,29)30)18(2)23(28)25-15-19-7-9-20(10-8-19)16-26-12-4-5-13-26/h6-11,14,18H,4-5,12-13,15-16H2,1-3H3,(H,25,28)/t18-/m0/s1. The fourth-order valence-electron chi connectivity index (χ4n) is 3.83. The van der Waals surface area contributed by atoms with E-state index in [-0.39, 0.29) is 5.91 Å². The number of likely N-dealkylation sites (tertiary alicyclic amines) is 1. The Hall–Kier alpha value is -2.09. The summed E-state index contributed by atoms with van der Waals surface area (Å²) < 4.78 is 26.0. The van der Waals surface area contributed by atoms with E-state index in [2.05, 4.69) is 22.3 Å². The first-order chi connectivity index (χ1) is 14.6. The highest BCUT2D eigenvalue weighted by Crippen LogP contribution is 2.26. The number of amides is 1. The lowest BCUT2D eigenvalue weighted by molar-refractivity contribution is -0.122. The van der Waals surface area contributed by atoms with Crippen LogP contribution in [0.5, 0.6) is 0 Å². The topological polar surface area (TPSA) is 69.7 Å². The van der Waals surface area contributed by atoms with Gasteiger partial charge in [-0.05, 0) is 68.6 Å². The average Bonchev–Trinajstić information content (AvgIpc) is 3.22. The van der Waals surface area contributed by atoms with Crippen molar-refractivity contribution >= 4 is 33.2 Å². The van der Waals surface area contributed by atoms with E-state index in [0.29, 0.717) is 17.3 Å². The summed E-state index contributed by atoms with van der Waals surface area (Å²) >= 11 is 6.17. The van der Waals surface area contributed by atoms with Crippen LogP contribution in [0.3, 0.4) is 0 Å². The minimum Gasteiger partial charge on any atom is -0.350 e. The highest BCUT2D eigenvalue weighted by molar-refractivity contribution is 7.92. The molecule has 0 bridgehead atoms. The first kappa shape index (κ1) is 23.6. The number of benzene rings is 2. The number of anilines is 1. The third kappa shape index (κ3) is 6.21. The van der Waals surface area contributed by atoms with Gasteiger partial charge < -0.3 is 5.32 Å². The SMILES string of the molecule is Cc1ccc(N([C@@H](C)C(=O)NCc2ccc(CN3CCCC3)cc2)S(C)(=O)=O)cc1Cl. The number of nitrogens with zero attached hydrogens (tertiary/aromatic N) is 2. The van der Waals surface area contributed by atoms with E-state index in [9.17, 15) is 13.2 Å². The quantitative estimate of drug-likeness (QED) is 0.647. The van der Waals surface area contributed by atoms with Gasteiger partial charge in [0.25, 0.3) is 0 Å². The maximum absolute atomic E-state index is 12.8. The van der Waals surface area contributed by atoms with Crippen molar-refractivity contribution in [3.63, 3.8) is 0 Å². The van der Waals surface area contributed by atoms with E-state index in [4.69, 9.17) is 11.6 Å². The lowest BCUT2D eigenvalue weighted by Gasteiger charge is -2.28. The van der Waals surface area contributed by atoms with Crippen molar-refractivity contribution in [3.05, 3.63) is 64.2 Å². The minimum atomic E-state index is -3.68. The lowest BCUT2D eigenvalue weighted by Crippen LogP contribution is -2.47. The fourth-order valence-corrected chi connectivity index (χ4v) is 5.17. The van der Waals surface area contributed by atoms with Crippen LogP contribution in [0.4, 0.5) is 5.69 Å². The molecule has 1 aliphatic heterocycles. The van der Waals surface area contributed by atoms with E-state index in [1.54, 1.807) is 25.1 Å². The Morgan fingerprint density at radius 2 is 1.74 bits per heavy atom. The Labute approximate surface area is 190 Å². The largest absolute Gasteiger partial charge is 0.350 e. The van der Waals surface area contributed by atoms with Gasteiger partial charge in [0.1, 0.15) is 6.04 Å². The number of nitrogens with one attached hydrogen (secondary N) is 1. The van der Waals surface area contributed by atoms with Gasteiger partial charge in [-0.1, -0.05) is 41.9 Å². The highest BCUT2D eigenvalue weighted by atomic mass is 35.5. The molecule has 0 aromatic heterocycles. The second-order valence-corrected chi connectivity index (χ2v) is 10.5. The molecular weight excluding hydrogens is 434 g/mol. The molecule has 6 nitrogen and oxygen atoms in total. The molecule has 1 saturated heterocycles. The molecule has 1 aliphatic rings. The number of hydrogen-bond acceptors (Lipinski definition) is 4. The number of rotatable bonds is 8. The van der Waals surface area contributed by atoms with Gasteiger partial charge in [0, 0.05) is 18.1 Å². The van der Waals surface area contributed by atoms with Crippen LogP contribution in [0, 0.1) is 6.92 Å². The van der Waals surface area contributed by atoms with Crippen molar-refractivity contribution < 1.29 is 13.2 Å². The number of carbonyl (C=O) groups is 1. The maximum atomic E-state index is 12.8. The number of halogens is 1. The summed E-state index contributed by atoms with van der Waals surface area (Å²) in [4.78, 5) is 15.2. The summed E-state index contributed by atoms with van der Waals surface area (Å²) in [5.74, 6) is -0.372. The van der Waals surface area contributed by atoms with E-state index < -0.39 is 16.1 Å². The predicted octanol–water partition coefficient (Wildman–Crippen LogP) is 3.72. The van der Waals surface area contributed by atoms with Gasteiger partial charge in [-0.15, -0.1) is 0 Å². The average molecular weight is 464 g/mol. The van der Waals surface area contributed by atoms with Gasteiger partial charge in [-0.3, -0.25) is 14.0 Å². The number of aryl methyl sites for hydroxylation is 1. The Balaban J connectivity index is 1.64. The van der Waals surface area contributed by atoms with Crippen LogP contribution in [0.15, 0.2) is 42.5 Å². The number of carbonyl (C=O) groups excluding carboxylic acids is 1. The second-order valence-electron chi connectivity index (χ2n) is 8.19. The van der Waals surface area contributed by atoms with Gasteiger partial charge in [0.05, 0.1) is 11.9 Å². The fraction of sp³-hybridized carbons (Fsp3) is 0.435. The Morgan fingerprint density at radius 1 is 1.13 bits per heavy atom. The molecule has 168 valence electrons. The maximum Gasteiger partial charge on any atom is 0.243 e. The van der Waals surface area contributed by atoms with Crippen LogP contribution < -0.4 is 9.62 Å². The van der Waals surface area contributed by atoms with Crippen molar-refractivity contribution in [3.8, 4) is 0 Å². The van der Waals surface area contributed by atoms with Crippen LogP contribution in [0.1, 0.15) is 36.5 Å². The Kier molecular flexibility index (Phi) is 7.62. The first-order valence-corrected chi connectivity index (χ1v) is 12.7. The summed E-state index contributed by atoms with van der Waals surface area (Å²) in [6.45, 7) is 7.00. The molecule has 1 fully saturated rings. The summed E-state index contributed by atoms with van der Waals surface area (Å²) in [5.41, 5.74) is 3.43. The smallest absolute Gasteiger partial charge is 0.243 e. The predicted molar refractivity (Wildman–Crippen MR) is 126 cm³/mol. The van der Waals surface area contributed by atoms with E-state index in [1.165, 1.54) is 18.4 Å². The normalized spacial score (nSPS) is 15.6. The summed E-state index contributed by atoms with van der Waals surface area (Å²) in [5, 5.41) is 3.30. The Morgan fingerprint density at radius 3 is 2.32 bits per heavy atom. The molecule has 3 rings (SSSR count). The molecule has 0 aliphatic carbocycles. The number of sulfonamides is 1. The number of hydrogen-bond donors (Lipinski definition) is 1. The molecule has 2 aromatic rings. The molecular formula is C23H30ClN3O3S. The van der Waals surface area contributed by atoms with Gasteiger partial charge in [-0.25, -0.2) is 8.42 Å². The van der Waals surface area contributed by atoms with E-state index >= 15 is 0 Å². The van der Waals surface area contributed by atoms with Crippen molar-refractivity contribution in [2.24, 2.45) is 0 Å². The van der Waals surface area contributed by atoms with Crippen molar-refractivity contribution in [1.82, 2.24) is 10.2 Å². The molecule has 31 heavy (non-hydrogen) atoms. The molecule has 0 radical (unpaired) electrons. The molecule has 0 spiro atoms. The van der Waals surface area contributed by atoms with E-state index in [0.717, 1.165) is 41.3 Å². The highest BCUT2D eigenvalue weighted by Gasteiger charge is 2.29. The summed E-state index contributed by atoms with van der Waals surface area (Å²) in [6.07, 6.45) is 3.62. The van der Waals surface area contributed by atoms with Gasteiger partial charge in [0.15, 0.2) is 0 Å². The summed E-state index contributed by atoms with van der Waals surface area (Å²) in [7, 11) is -3.68.